The van der Waals surface area contributed by atoms with Crippen LogP contribution in [0.25, 0.3) is 0 Å². The molecular weight excluding hydrogens is 276 g/mol. The minimum absolute atomic E-state index is 0.0282. The summed E-state index contributed by atoms with van der Waals surface area (Å²) in [6, 6.07) is -0.0237. The van der Waals surface area contributed by atoms with Gasteiger partial charge in [-0.1, -0.05) is 26.7 Å². The van der Waals surface area contributed by atoms with Crippen molar-refractivity contribution < 1.29 is 13.2 Å². The molecular formula is C14H26N2O3S. The van der Waals surface area contributed by atoms with Gasteiger partial charge in [0.25, 0.3) is 0 Å². The second-order valence-corrected chi connectivity index (χ2v) is 9.05. The number of carbonyl (C=O) groups excluding carboxylic acids is 1. The molecule has 0 aromatic rings. The summed E-state index contributed by atoms with van der Waals surface area (Å²) >= 11 is 0. The SMILES string of the molecule is CC1(C)CCCCC1NC(=O)CC1CS(=O)(=O)CCN1. The average Bonchev–Trinajstić information content (AvgIpc) is 2.30. The van der Waals surface area contributed by atoms with Crippen LogP contribution in [0.15, 0.2) is 0 Å². The maximum atomic E-state index is 12.1. The zero-order valence-electron chi connectivity index (χ0n) is 12.4. The Bertz CT molecular complexity index is 459. The van der Waals surface area contributed by atoms with Crippen LogP contribution >= 0.6 is 0 Å². The van der Waals surface area contributed by atoms with E-state index in [9.17, 15) is 13.2 Å². The second-order valence-electron chi connectivity index (χ2n) is 6.82. The number of hydrogen-bond donors (Lipinski definition) is 2. The number of carbonyl (C=O) groups is 1. The molecule has 0 aromatic carbocycles. The molecule has 1 aliphatic heterocycles. The Labute approximate surface area is 121 Å². The summed E-state index contributed by atoms with van der Waals surface area (Å²) in [6.45, 7) is 4.84. The van der Waals surface area contributed by atoms with E-state index in [4.69, 9.17) is 0 Å². The van der Waals surface area contributed by atoms with Gasteiger partial charge in [-0.25, -0.2) is 8.42 Å². The number of amides is 1. The predicted molar refractivity (Wildman–Crippen MR) is 79.2 cm³/mol. The molecule has 0 radical (unpaired) electrons. The maximum absolute atomic E-state index is 12.1. The van der Waals surface area contributed by atoms with Crippen LogP contribution in [-0.2, 0) is 14.6 Å². The molecule has 1 saturated heterocycles. The highest BCUT2D eigenvalue weighted by atomic mass is 32.2. The topological polar surface area (TPSA) is 75.3 Å². The van der Waals surface area contributed by atoms with Crippen molar-refractivity contribution in [2.75, 3.05) is 18.1 Å². The number of sulfone groups is 1. The van der Waals surface area contributed by atoms with E-state index in [0.29, 0.717) is 6.54 Å². The van der Waals surface area contributed by atoms with Gasteiger partial charge in [0.2, 0.25) is 5.91 Å². The molecule has 1 aliphatic carbocycles. The Morgan fingerprint density at radius 3 is 2.75 bits per heavy atom. The van der Waals surface area contributed by atoms with Crippen molar-refractivity contribution in [3.63, 3.8) is 0 Å². The van der Waals surface area contributed by atoms with Gasteiger partial charge in [0, 0.05) is 25.0 Å². The minimum Gasteiger partial charge on any atom is -0.353 e. The van der Waals surface area contributed by atoms with Gasteiger partial charge >= 0.3 is 0 Å². The number of hydrogen-bond acceptors (Lipinski definition) is 4. The molecule has 2 unspecified atom stereocenters. The fourth-order valence-electron chi connectivity index (χ4n) is 3.24. The minimum atomic E-state index is -2.98. The van der Waals surface area contributed by atoms with Crippen LogP contribution in [0.4, 0.5) is 0 Å². The van der Waals surface area contributed by atoms with Crippen LogP contribution < -0.4 is 10.6 Å². The summed E-state index contributed by atoms with van der Waals surface area (Å²) in [6.07, 6.45) is 4.79. The summed E-state index contributed by atoms with van der Waals surface area (Å²) in [5.74, 6) is 0.231. The van der Waals surface area contributed by atoms with Crippen molar-refractivity contribution in [2.24, 2.45) is 5.41 Å². The third kappa shape index (κ3) is 4.19. The van der Waals surface area contributed by atoms with Crippen LogP contribution in [-0.4, -0.2) is 44.5 Å². The molecule has 2 atom stereocenters. The summed E-state index contributed by atoms with van der Waals surface area (Å²) < 4.78 is 23.1. The fourth-order valence-corrected chi connectivity index (χ4v) is 4.68. The van der Waals surface area contributed by atoms with Gasteiger partial charge in [-0.3, -0.25) is 4.79 Å². The van der Waals surface area contributed by atoms with Gasteiger partial charge in [0.05, 0.1) is 11.5 Å². The van der Waals surface area contributed by atoms with Crippen LogP contribution in [0.2, 0.25) is 0 Å². The highest BCUT2D eigenvalue weighted by Crippen LogP contribution is 2.35. The average molecular weight is 302 g/mol. The van der Waals surface area contributed by atoms with Gasteiger partial charge in [-0.15, -0.1) is 0 Å². The fraction of sp³-hybridized carbons (Fsp3) is 0.929. The van der Waals surface area contributed by atoms with E-state index in [-0.39, 0.29) is 41.3 Å². The zero-order valence-corrected chi connectivity index (χ0v) is 13.3. The van der Waals surface area contributed by atoms with E-state index < -0.39 is 9.84 Å². The summed E-state index contributed by atoms with van der Waals surface area (Å²) in [5, 5.41) is 6.23. The molecule has 116 valence electrons. The quantitative estimate of drug-likeness (QED) is 0.810. The Balaban J connectivity index is 1.86. The maximum Gasteiger partial charge on any atom is 0.221 e. The first-order valence-corrected chi connectivity index (χ1v) is 9.34. The summed E-state index contributed by atoms with van der Waals surface area (Å²) in [4.78, 5) is 12.1. The van der Waals surface area contributed by atoms with Gasteiger partial charge in [0.15, 0.2) is 9.84 Å². The standard InChI is InChI=1S/C14H26N2O3S/c1-14(2)6-4-3-5-12(14)16-13(17)9-11-10-20(18,19)8-7-15-11/h11-12,15H,3-10H2,1-2H3,(H,16,17). The zero-order chi connectivity index (χ0) is 14.8. The molecule has 20 heavy (non-hydrogen) atoms. The normalized spacial score (nSPS) is 32.5. The first-order valence-electron chi connectivity index (χ1n) is 7.52. The highest BCUT2D eigenvalue weighted by Gasteiger charge is 2.34. The highest BCUT2D eigenvalue weighted by molar-refractivity contribution is 7.91. The molecule has 0 bridgehead atoms. The molecule has 1 saturated carbocycles. The van der Waals surface area contributed by atoms with Crippen molar-refractivity contribution >= 4 is 15.7 Å². The van der Waals surface area contributed by atoms with Crippen molar-refractivity contribution in [2.45, 2.75) is 58.0 Å². The summed E-state index contributed by atoms with van der Waals surface area (Å²) in [5.41, 5.74) is 0.139. The van der Waals surface area contributed by atoms with E-state index >= 15 is 0 Å². The first-order chi connectivity index (χ1) is 9.28. The third-order valence-electron chi connectivity index (χ3n) is 4.58. The number of nitrogens with one attached hydrogen (secondary N) is 2. The lowest BCUT2D eigenvalue weighted by molar-refractivity contribution is -0.123. The van der Waals surface area contributed by atoms with Crippen LogP contribution in [0.3, 0.4) is 0 Å². The monoisotopic (exact) mass is 302 g/mol. The van der Waals surface area contributed by atoms with Gasteiger partial charge < -0.3 is 10.6 Å². The molecule has 0 spiro atoms. The molecule has 1 heterocycles. The Morgan fingerprint density at radius 2 is 2.10 bits per heavy atom. The van der Waals surface area contributed by atoms with E-state index in [0.717, 1.165) is 19.3 Å². The van der Waals surface area contributed by atoms with Crippen molar-refractivity contribution in [3.8, 4) is 0 Å². The van der Waals surface area contributed by atoms with E-state index in [1.165, 1.54) is 6.42 Å². The Kier molecular flexibility index (Phi) is 4.74. The van der Waals surface area contributed by atoms with E-state index in [1.54, 1.807) is 0 Å². The largest absolute Gasteiger partial charge is 0.353 e. The van der Waals surface area contributed by atoms with Crippen molar-refractivity contribution in [1.29, 1.82) is 0 Å². The smallest absolute Gasteiger partial charge is 0.221 e. The molecule has 6 heteroatoms. The van der Waals surface area contributed by atoms with Crippen molar-refractivity contribution in [3.05, 3.63) is 0 Å². The van der Waals surface area contributed by atoms with E-state index in [1.807, 2.05) is 0 Å². The Hall–Kier alpha value is -0.620. The van der Waals surface area contributed by atoms with Crippen LogP contribution in [0.5, 0.6) is 0 Å². The second kappa shape index (κ2) is 6.02. The van der Waals surface area contributed by atoms with E-state index in [2.05, 4.69) is 24.5 Å². The van der Waals surface area contributed by atoms with Gasteiger partial charge in [0.1, 0.15) is 0 Å². The molecule has 2 aliphatic rings. The van der Waals surface area contributed by atoms with Crippen LogP contribution in [0, 0.1) is 5.41 Å². The lowest BCUT2D eigenvalue weighted by Crippen LogP contribution is -2.51. The lowest BCUT2D eigenvalue weighted by atomic mass is 9.73. The first kappa shape index (κ1) is 15.8. The van der Waals surface area contributed by atoms with Gasteiger partial charge in [-0.05, 0) is 18.3 Å². The number of rotatable bonds is 3. The molecule has 2 fully saturated rings. The lowest BCUT2D eigenvalue weighted by Gasteiger charge is -2.39. The van der Waals surface area contributed by atoms with Gasteiger partial charge in [-0.2, -0.15) is 0 Å². The predicted octanol–water partition coefficient (Wildman–Crippen LogP) is 0.848. The summed E-state index contributed by atoms with van der Waals surface area (Å²) in [7, 11) is -2.98. The Morgan fingerprint density at radius 1 is 1.35 bits per heavy atom. The van der Waals surface area contributed by atoms with Crippen molar-refractivity contribution in [1.82, 2.24) is 10.6 Å². The molecule has 1 amide bonds. The third-order valence-corrected chi connectivity index (χ3v) is 6.31. The van der Waals surface area contributed by atoms with Crippen LogP contribution in [0.1, 0.15) is 46.0 Å². The molecule has 2 rings (SSSR count). The molecule has 5 nitrogen and oxygen atoms in total. The molecule has 2 N–H and O–H groups in total. The molecule has 0 aromatic heterocycles.